The molecule has 1 aromatic carbocycles. The van der Waals surface area contributed by atoms with Crippen LogP contribution in [0, 0.1) is 0 Å². The zero-order valence-corrected chi connectivity index (χ0v) is 17.8. The van der Waals surface area contributed by atoms with Gasteiger partial charge in [0.25, 0.3) is 0 Å². The quantitative estimate of drug-likeness (QED) is 0.661. The van der Waals surface area contributed by atoms with Crippen LogP contribution in [0.4, 0.5) is 13.2 Å². The molecule has 164 valence electrons. The highest BCUT2D eigenvalue weighted by molar-refractivity contribution is 7.89. The number of nitrogens with zero attached hydrogens (tertiary/aromatic N) is 3. The average Bonchev–Trinajstić information content (AvgIpc) is 2.66. The summed E-state index contributed by atoms with van der Waals surface area (Å²) in [6, 6.07) is 6.87. The van der Waals surface area contributed by atoms with Crippen LogP contribution in [0.15, 0.2) is 29.2 Å². The van der Waals surface area contributed by atoms with Crippen LogP contribution in [0.3, 0.4) is 0 Å². The summed E-state index contributed by atoms with van der Waals surface area (Å²) in [5, 5.41) is 0. The van der Waals surface area contributed by atoms with Gasteiger partial charge >= 0.3 is 6.18 Å². The fraction of sp³-hybridized carbons (Fsp3) is 0.632. The maximum Gasteiger partial charge on any atom is 0.406 e. The minimum absolute atomic E-state index is 0.163. The molecule has 1 atom stereocenters. The first-order valence-corrected chi connectivity index (χ1v) is 11.0. The first-order chi connectivity index (χ1) is 13.4. The van der Waals surface area contributed by atoms with E-state index in [0.717, 1.165) is 19.0 Å². The molecule has 0 saturated carbocycles. The second-order valence-corrected chi connectivity index (χ2v) is 9.36. The van der Waals surface area contributed by atoms with Crippen molar-refractivity contribution in [1.82, 2.24) is 14.1 Å². The molecule has 1 unspecified atom stereocenters. The number of rotatable bonds is 7. The van der Waals surface area contributed by atoms with Gasteiger partial charge in [0.2, 0.25) is 15.9 Å². The fourth-order valence-electron chi connectivity index (χ4n) is 3.15. The average molecular weight is 436 g/mol. The molecule has 0 radical (unpaired) electrons. The molecule has 10 heteroatoms. The number of alkyl halides is 3. The van der Waals surface area contributed by atoms with Gasteiger partial charge in [-0.2, -0.15) is 17.5 Å². The summed E-state index contributed by atoms with van der Waals surface area (Å²) in [6.45, 7) is 3.64. The minimum Gasteiger partial charge on any atom is -0.336 e. The van der Waals surface area contributed by atoms with Crippen LogP contribution >= 0.6 is 0 Å². The molecule has 6 nitrogen and oxygen atoms in total. The number of amides is 1. The van der Waals surface area contributed by atoms with Crippen LogP contribution in [-0.2, 0) is 14.8 Å². The Hall–Kier alpha value is -1.65. The van der Waals surface area contributed by atoms with E-state index in [1.807, 2.05) is 12.1 Å². The van der Waals surface area contributed by atoms with Crippen LogP contribution in [0.25, 0.3) is 0 Å². The lowest BCUT2D eigenvalue weighted by Gasteiger charge is -2.34. The van der Waals surface area contributed by atoms with Crippen molar-refractivity contribution in [1.29, 1.82) is 0 Å². The topological polar surface area (TPSA) is 60.9 Å². The molecule has 1 amide bonds. The number of carbonyl (C=O) groups excluding carboxylic acids is 1. The van der Waals surface area contributed by atoms with E-state index in [0.29, 0.717) is 10.8 Å². The third-order valence-electron chi connectivity index (χ3n) is 5.23. The van der Waals surface area contributed by atoms with Crippen molar-refractivity contribution < 1.29 is 26.4 Å². The third kappa shape index (κ3) is 6.42. The molecule has 1 aliphatic heterocycles. The predicted octanol–water partition coefficient (Wildman–Crippen LogP) is 2.53. The number of hydrogen-bond acceptors (Lipinski definition) is 4. The molecule has 1 aliphatic rings. The van der Waals surface area contributed by atoms with E-state index < -0.39 is 28.7 Å². The van der Waals surface area contributed by atoms with Gasteiger partial charge in [-0.05, 0) is 30.0 Å². The molecule has 0 aromatic heterocycles. The Morgan fingerprint density at radius 3 is 2.17 bits per heavy atom. The highest BCUT2D eigenvalue weighted by atomic mass is 32.2. The van der Waals surface area contributed by atoms with E-state index in [-0.39, 0.29) is 37.6 Å². The molecule has 2 rings (SSSR count). The van der Waals surface area contributed by atoms with Crippen LogP contribution in [0.1, 0.15) is 31.7 Å². The van der Waals surface area contributed by atoms with Gasteiger partial charge in [0.15, 0.2) is 0 Å². The van der Waals surface area contributed by atoms with Gasteiger partial charge in [-0.3, -0.25) is 9.69 Å². The Kier molecular flexibility index (Phi) is 7.69. The SMILES string of the molecule is CCC(C)c1ccc(S(=O)(=O)N2CCN(CC(=O)N(C)CC(F)(F)F)CC2)cc1. The Morgan fingerprint density at radius 1 is 1.14 bits per heavy atom. The molecule has 29 heavy (non-hydrogen) atoms. The molecule has 1 saturated heterocycles. The molecular weight excluding hydrogens is 407 g/mol. The van der Waals surface area contributed by atoms with Crippen molar-refractivity contribution in [3.63, 3.8) is 0 Å². The van der Waals surface area contributed by atoms with Crippen molar-refractivity contribution in [3.05, 3.63) is 29.8 Å². The van der Waals surface area contributed by atoms with E-state index in [2.05, 4.69) is 13.8 Å². The summed E-state index contributed by atoms with van der Waals surface area (Å²) in [7, 11) is -2.53. The van der Waals surface area contributed by atoms with Gasteiger partial charge in [-0.15, -0.1) is 0 Å². The largest absolute Gasteiger partial charge is 0.406 e. The highest BCUT2D eigenvalue weighted by Crippen LogP contribution is 2.23. The van der Waals surface area contributed by atoms with Crippen LogP contribution < -0.4 is 0 Å². The van der Waals surface area contributed by atoms with Crippen molar-refractivity contribution >= 4 is 15.9 Å². The molecule has 1 heterocycles. The van der Waals surface area contributed by atoms with Crippen molar-refractivity contribution in [2.24, 2.45) is 0 Å². The van der Waals surface area contributed by atoms with Gasteiger partial charge in [-0.25, -0.2) is 8.42 Å². The lowest BCUT2D eigenvalue weighted by molar-refractivity contribution is -0.159. The Morgan fingerprint density at radius 2 is 1.69 bits per heavy atom. The highest BCUT2D eigenvalue weighted by Gasteiger charge is 2.33. The van der Waals surface area contributed by atoms with Crippen molar-refractivity contribution in [2.75, 3.05) is 46.3 Å². The summed E-state index contributed by atoms with van der Waals surface area (Å²) in [4.78, 5) is 14.5. The second-order valence-electron chi connectivity index (χ2n) is 7.42. The van der Waals surface area contributed by atoms with E-state index in [4.69, 9.17) is 0 Å². The van der Waals surface area contributed by atoms with Gasteiger partial charge in [0, 0.05) is 33.2 Å². The number of carbonyl (C=O) groups is 1. The third-order valence-corrected chi connectivity index (χ3v) is 7.14. The normalized spacial score (nSPS) is 17.9. The first-order valence-electron chi connectivity index (χ1n) is 9.57. The van der Waals surface area contributed by atoms with Gasteiger partial charge in [0.05, 0.1) is 11.4 Å². The monoisotopic (exact) mass is 435 g/mol. The van der Waals surface area contributed by atoms with Crippen LogP contribution in [0.2, 0.25) is 0 Å². The molecule has 1 fully saturated rings. The smallest absolute Gasteiger partial charge is 0.336 e. The Bertz CT molecular complexity index is 789. The zero-order valence-electron chi connectivity index (χ0n) is 16.9. The summed E-state index contributed by atoms with van der Waals surface area (Å²) in [5.74, 6) is -0.289. The summed E-state index contributed by atoms with van der Waals surface area (Å²) in [6.07, 6.45) is -3.48. The molecule has 0 N–H and O–H groups in total. The summed E-state index contributed by atoms with van der Waals surface area (Å²) in [5.41, 5.74) is 1.08. The Balaban J connectivity index is 1.93. The Labute approximate surface area is 170 Å². The molecule has 0 aliphatic carbocycles. The maximum atomic E-state index is 12.8. The van der Waals surface area contributed by atoms with E-state index in [1.54, 1.807) is 17.0 Å². The number of halogens is 3. The minimum atomic E-state index is -4.44. The molecular formula is C19H28F3N3O3S. The number of likely N-dealkylation sites (N-methyl/N-ethyl adjacent to an activating group) is 1. The zero-order chi connectivity index (χ0) is 21.8. The lowest BCUT2D eigenvalue weighted by atomic mass is 9.99. The molecule has 0 spiro atoms. The fourth-order valence-corrected chi connectivity index (χ4v) is 4.57. The van der Waals surface area contributed by atoms with Crippen molar-refractivity contribution in [2.45, 2.75) is 37.3 Å². The van der Waals surface area contributed by atoms with Gasteiger partial charge in [0.1, 0.15) is 6.54 Å². The van der Waals surface area contributed by atoms with Crippen LogP contribution in [-0.4, -0.2) is 80.9 Å². The first kappa shape index (κ1) is 23.6. The van der Waals surface area contributed by atoms with Gasteiger partial charge in [-0.1, -0.05) is 26.0 Å². The van der Waals surface area contributed by atoms with E-state index >= 15 is 0 Å². The predicted molar refractivity (Wildman–Crippen MR) is 104 cm³/mol. The van der Waals surface area contributed by atoms with E-state index in [9.17, 15) is 26.4 Å². The number of hydrogen-bond donors (Lipinski definition) is 0. The van der Waals surface area contributed by atoms with E-state index in [1.165, 1.54) is 4.31 Å². The number of sulfonamides is 1. The number of benzene rings is 1. The summed E-state index contributed by atoms with van der Waals surface area (Å²) >= 11 is 0. The molecule has 1 aromatic rings. The lowest BCUT2D eigenvalue weighted by Crippen LogP contribution is -2.51. The van der Waals surface area contributed by atoms with Crippen LogP contribution in [0.5, 0.6) is 0 Å². The van der Waals surface area contributed by atoms with Crippen molar-refractivity contribution in [3.8, 4) is 0 Å². The molecule has 0 bridgehead atoms. The van der Waals surface area contributed by atoms with Gasteiger partial charge < -0.3 is 4.90 Å². The second kappa shape index (κ2) is 9.44. The maximum absolute atomic E-state index is 12.8. The number of piperazine rings is 1. The standard InChI is InChI=1S/C19H28F3N3O3S/c1-4-15(2)16-5-7-17(8-6-16)29(27,28)25-11-9-24(10-12-25)13-18(26)23(3)14-19(20,21)22/h5-8,15H,4,9-14H2,1-3H3. The summed E-state index contributed by atoms with van der Waals surface area (Å²) < 4.78 is 64.2.